The SMILES string of the molecule is CC(CC#N)N(C)C(=O)c1n[nH]c(=O)c2ccccc12. The van der Waals surface area contributed by atoms with Gasteiger partial charge in [0.05, 0.1) is 17.9 Å². The third-order valence-electron chi connectivity index (χ3n) is 3.27. The molecule has 0 aliphatic heterocycles. The summed E-state index contributed by atoms with van der Waals surface area (Å²) >= 11 is 0. The normalized spacial score (nSPS) is 11.8. The van der Waals surface area contributed by atoms with Gasteiger partial charge in [0, 0.05) is 18.5 Å². The van der Waals surface area contributed by atoms with E-state index in [1.165, 1.54) is 4.90 Å². The van der Waals surface area contributed by atoms with Gasteiger partial charge in [-0.25, -0.2) is 5.10 Å². The summed E-state index contributed by atoms with van der Waals surface area (Å²) in [6.45, 7) is 1.79. The van der Waals surface area contributed by atoms with Gasteiger partial charge < -0.3 is 4.90 Å². The summed E-state index contributed by atoms with van der Waals surface area (Å²) in [5.41, 5.74) is -0.141. The van der Waals surface area contributed by atoms with E-state index in [2.05, 4.69) is 10.2 Å². The second-order valence-corrected chi connectivity index (χ2v) is 4.57. The van der Waals surface area contributed by atoms with Crippen molar-refractivity contribution in [2.75, 3.05) is 7.05 Å². The quantitative estimate of drug-likeness (QED) is 0.910. The first kappa shape index (κ1) is 13.7. The fourth-order valence-corrected chi connectivity index (χ4v) is 1.91. The summed E-state index contributed by atoms with van der Waals surface area (Å²) in [7, 11) is 1.62. The number of hydrogen-bond donors (Lipinski definition) is 1. The molecule has 0 aliphatic rings. The highest BCUT2D eigenvalue weighted by molar-refractivity contribution is 6.04. The van der Waals surface area contributed by atoms with Crippen LogP contribution in [0.25, 0.3) is 10.8 Å². The van der Waals surface area contributed by atoms with E-state index in [0.717, 1.165) is 0 Å². The Hall–Kier alpha value is -2.68. The van der Waals surface area contributed by atoms with Gasteiger partial charge in [-0.15, -0.1) is 0 Å². The summed E-state index contributed by atoms with van der Waals surface area (Å²) in [5, 5.41) is 15.8. The maximum Gasteiger partial charge on any atom is 0.274 e. The molecule has 1 amide bonds. The Balaban J connectivity index is 2.49. The molecule has 0 fully saturated rings. The highest BCUT2D eigenvalue weighted by Crippen LogP contribution is 2.15. The molecule has 6 nitrogen and oxygen atoms in total. The summed E-state index contributed by atoms with van der Waals surface area (Å²) in [4.78, 5) is 25.5. The molecule has 1 aromatic carbocycles. The molecule has 0 radical (unpaired) electrons. The number of hydrogen-bond acceptors (Lipinski definition) is 4. The highest BCUT2D eigenvalue weighted by Gasteiger charge is 2.21. The Bertz CT molecular complexity index is 745. The summed E-state index contributed by atoms with van der Waals surface area (Å²) in [6, 6.07) is 8.62. The molecule has 0 bridgehead atoms. The van der Waals surface area contributed by atoms with Crippen molar-refractivity contribution in [3.63, 3.8) is 0 Å². The number of amides is 1. The Morgan fingerprint density at radius 1 is 1.45 bits per heavy atom. The molecule has 1 unspecified atom stereocenters. The molecular formula is C14H14N4O2. The second kappa shape index (κ2) is 5.53. The van der Waals surface area contributed by atoms with E-state index in [9.17, 15) is 9.59 Å². The fraction of sp³-hybridized carbons (Fsp3) is 0.286. The number of carbonyl (C=O) groups is 1. The van der Waals surface area contributed by atoms with Crippen molar-refractivity contribution in [1.29, 1.82) is 5.26 Å². The van der Waals surface area contributed by atoms with Gasteiger partial charge in [0.2, 0.25) is 0 Å². The average Bonchev–Trinajstić information content (AvgIpc) is 2.47. The number of aromatic amines is 1. The van der Waals surface area contributed by atoms with Gasteiger partial charge in [-0.3, -0.25) is 9.59 Å². The van der Waals surface area contributed by atoms with E-state index in [0.29, 0.717) is 10.8 Å². The number of nitrogens with one attached hydrogen (secondary N) is 1. The largest absolute Gasteiger partial charge is 0.337 e. The number of H-pyrrole nitrogens is 1. The van der Waals surface area contributed by atoms with Crippen LogP contribution in [-0.2, 0) is 0 Å². The lowest BCUT2D eigenvalue weighted by Gasteiger charge is -2.22. The minimum absolute atomic E-state index is 0.187. The third kappa shape index (κ3) is 2.38. The maximum absolute atomic E-state index is 12.4. The van der Waals surface area contributed by atoms with E-state index in [4.69, 9.17) is 5.26 Å². The molecule has 1 heterocycles. The van der Waals surface area contributed by atoms with Crippen LogP contribution >= 0.6 is 0 Å². The molecule has 0 spiro atoms. The lowest BCUT2D eigenvalue weighted by Crippen LogP contribution is -2.36. The fourth-order valence-electron chi connectivity index (χ4n) is 1.91. The van der Waals surface area contributed by atoms with Crippen molar-refractivity contribution >= 4 is 16.7 Å². The van der Waals surface area contributed by atoms with Gasteiger partial charge in [0.15, 0.2) is 5.69 Å². The van der Waals surface area contributed by atoms with E-state index in [1.807, 2.05) is 6.07 Å². The Morgan fingerprint density at radius 3 is 2.75 bits per heavy atom. The van der Waals surface area contributed by atoms with E-state index >= 15 is 0 Å². The lowest BCUT2D eigenvalue weighted by molar-refractivity contribution is 0.0741. The zero-order valence-electron chi connectivity index (χ0n) is 11.3. The number of fused-ring (bicyclic) bond motifs is 1. The number of carbonyl (C=O) groups excluding carboxylic acids is 1. The van der Waals surface area contributed by atoms with Gasteiger partial charge >= 0.3 is 0 Å². The van der Waals surface area contributed by atoms with Crippen LogP contribution in [0, 0.1) is 11.3 Å². The molecule has 2 rings (SSSR count). The van der Waals surface area contributed by atoms with Crippen LogP contribution in [0.5, 0.6) is 0 Å². The van der Waals surface area contributed by atoms with Gasteiger partial charge in [0.1, 0.15) is 0 Å². The van der Waals surface area contributed by atoms with Crippen molar-refractivity contribution in [2.45, 2.75) is 19.4 Å². The summed E-state index contributed by atoms with van der Waals surface area (Å²) < 4.78 is 0. The van der Waals surface area contributed by atoms with Crippen molar-refractivity contribution < 1.29 is 4.79 Å². The van der Waals surface area contributed by atoms with Crippen molar-refractivity contribution in [2.24, 2.45) is 0 Å². The second-order valence-electron chi connectivity index (χ2n) is 4.57. The van der Waals surface area contributed by atoms with E-state index in [1.54, 1.807) is 38.2 Å². The predicted octanol–water partition coefficient (Wildman–Crippen LogP) is 1.30. The highest BCUT2D eigenvalue weighted by atomic mass is 16.2. The minimum Gasteiger partial charge on any atom is -0.337 e. The minimum atomic E-state index is -0.329. The molecule has 0 aliphatic carbocycles. The molecule has 0 saturated carbocycles. The Kier molecular flexibility index (Phi) is 3.80. The lowest BCUT2D eigenvalue weighted by atomic mass is 10.1. The molecule has 1 atom stereocenters. The number of nitrogens with zero attached hydrogens (tertiary/aromatic N) is 3. The number of rotatable bonds is 3. The number of benzene rings is 1. The molecule has 0 saturated heterocycles. The smallest absolute Gasteiger partial charge is 0.274 e. The predicted molar refractivity (Wildman–Crippen MR) is 74.1 cm³/mol. The van der Waals surface area contributed by atoms with Crippen LogP contribution in [0.15, 0.2) is 29.1 Å². The van der Waals surface area contributed by atoms with Crippen LogP contribution in [0.3, 0.4) is 0 Å². The molecule has 20 heavy (non-hydrogen) atoms. The molecule has 1 aromatic heterocycles. The summed E-state index contributed by atoms with van der Waals surface area (Å²) in [5.74, 6) is -0.319. The van der Waals surface area contributed by atoms with E-state index in [-0.39, 0.29) is 29.6 Å². The molecular weight excluding hydrogens is 256 g/mol. The maximum atomic E-state index is 12.4. The van der Waals surface area contributed by atoms with Crippen LogP contribution in [-0.4, -0.2) is 34.1 Å². The topological polar surface area (TPSA) is 89.8 Å². The molecule has 1 N–H and O–H groups in total. The first-order valence-electron chi connectivity index (χ1n) is 6.17. The average molecular weight is 270 g/mol. The number of aromatic nitrogens is 2. The monoisotopic (exact) mass is 270 g/mol. The van der Waals surface area contributed by atoms with Crippen molar-refractivity contribution in [1.82, 2.24) is 15.1 Å². The van der Waals surface area contributed by atoms with Gasteiger partial charge in [-0.1, -0.05) is 18.2 Å². The standard InChI is InChI=1S/C14H14N4O2/c1-9(7-8-15)18(2)14(20)12-10-5-3-4-6-11(10)13(19)17-16-12/h3-6,9H,7H2,1-2H3,(H,17,19). The zero-order chi connectivity index (χ0) is 14.7. The Morgan fingerprint density at radius 2 is 2.10 bits per heavy atom. The van der Waals surface area contributed by atoms with Crippen LogP contribution < -0.4 is 5.56 Å². The van der Waals surface area contributed by atoms with Crippen LogP contribution in [0.2, 0.25) is 0 Å². The third-order valence-corrected chi connectivity index (χ3v) is 3.27. The number of nitriles is 1. The van der Waals surface area contributed by atoms with Crippen LogP contribution in [0.4, 0.5) is 0 Å². The van der Waals surface area contributed by atoms with Crippen molar-refractivity contribution in [3.05, 3.63) is 40.3 Å². The van der Waals surface area contributed by atoms with Crippen LogP contribution in [0.1, 0.15) is 23.8 Å². The molecule has 2 aromatic rings. The van der Waals surface area contributed by atoms with E-state index < -0.39 is 0 Å². The molecule has 102 valence electrons. The van der Waals surface area contributed by atoms with Crippen molar-refractivity contribution in [3.8, 4) is 6.07 Å². The molecule has 6 heteroatoms. The van der Waals surface area contributed by atoms with Gasteiger partial charge in [-0.2, -0.15) is 10.4 Å². The first-order chi connectivity index (χ1) is 9.56. The zero-order valence-corrected chi connectivity index (χ0v) is 11.3. The first-order valence-corrected chi connectivity index (χ1v) is 6.17. The summed E-state index contributed by atoms with van der Waals surface area (Å²) in [6.07, 6.45) is 0.240. The Labute approximate surface area is 115 Å². The van der Waals surface area contributed by atoms with Gasteiger partial charge in [-0.05, 0) is 13.0 Å². The van der Waals surface area contributed by atoms with Gasteiger partial charge in [0.25, 0.3) is 11.5 Å².